The van der Waals surface area contributed by atoms with E-state index in [2.05, 4.69) is 40.3 Å². The second-order valence-electron chi connectivity index (χ2n) is 10.4. The van der Waals surface area contributed by atoms with Crippen LogP contribution in [0.2, 0.25) is 0 Å². The van der Waals surface area contributed by atoms with Crippen molar-refractivity contribution >= 4 is 28.8 Å². The molecular weight excluding hydrogens is 456 g/mol. The molecule has 3 aliphatic heterocycles. The van der Waals surface area contributed by atoms with Crippen molar-refractivity contribution in [3.63, 3.8) is 0 Å². The standard InChI is InChI=1S/C28H38N4O4/c1-18(2)36-23-8-10-26(35-17-23)28(33)32-16-20-6-5-12-29-27(20)30-24-9-7-21(15-25(24)32)31-13-11-22(34-4)14-19(31)3/h5-7,9,12,15,18-19,22-23,26H,8,10-11,13-14,16-17H2,1-4H3,(H,29,30)/t19-,22-,23-,26+/m0/s1. The molecule has 4 heterocycles. The van der Waals surface area contributed by atoms with Gasteiger partial charge in [-0.1, -0.05) is 6.07 Å². The van der Waals surface area contributed by atoms with Crippen LogP contribution in [0, 0.1) is 0 Å². The van der Waals surface area contributed by atoms with E-state index in [4.69, 9.17) is 14.2 Å². The summed E-state index contributed by atoms with van der Waals surface area (Å²) >= 11 is 0. The van der Waals surface area contributed by atoms with Gasteiger partial charge < -0.3 is 29.3 Å². The van der Waals surface area contributed by atoms with E-state index in [9.17, 15) is 4.79 Å². The lowest BCUT2D eigenvalue weighted by Crippen LogP contribution is -2.45. The fraction of sp³-hybridized carbons (Fsp3) is 0.571. The van der Waals surface area contributed by atoms with Gasteiger partial charge in [-0.3, -0.25) is 4.79 Å². The van der Waals surface area contributed by atoms with E-state index in [1.165, 1.54) is 0 Å². The monoisotopic (exact) mass is 494 g/mol. The van der Waals surface area contributed by atoms with Crippen molar-refractivity contribution in [1.82, 2.24) is 4.98 Å². The molecule has 2 fully saturated rings. The lowest BCUT2D eigenvalue weighted by Gasteiger charge is -2.39. The molecule has 0 spiro atoms. The Balaban J connectivity index is 1.43. The third-order valence-corrected chi connectivity index (χ3v) is 7.48. The van der Waals surface area contributed by atoms with Crippen molar-refractivity contribution in [3.05, 3.63) is 42.1 Å². The molecule has 3 aliphatic rings. The Morgan fingerprint density at radius 1 is 1.19 bits per heavy atom. The molecule has 1 amide bonds. The number of pyridine rings is 1. The first-order valence-corrected chi connectivity index (χ1v) is 13.2. The molecule has 1 N–H and O–H groups in total. The molecule has 36 heavy (non-hydrogen) atoms. The Kier molecular flexibility index (Phi) is 7.46. The molecule has 1 aromatic carbocycles. The molecule has 2 aromatic rings. The fourth-order valence-corrected chi connectivity index (χ4v) is 5.60. The average Bonchev–Trinajstić information content (AvgIpc) is 3.04. The number of methoxy groups -OCH3 is 1. The predicted molar refractivity (Wildman–Crippen MR) is 141 cm³/mol. The van der Waals surface area contributed by atoms with Gasteiger partial charge in [-0.2, -0.15) is 0 Å². The van der Waals surface area contributed by atoms with Crippen molar-refractivity contribution in [2.75, 3.05) is 35.4 Å². The number of amides is 1. The fourth-order valence-electron chi connectivity index (χ4n) is 5.60. The number of fused-ring (bicyclic) bond motifs is 2. The molecule has 0 radical (unpaired) electrons. The Labute approximate surface area is 213 Å². The van der Waals surface area contributed by atoms with Crippen LogP contribution in [-0.2, 0) is 25.5 Å². The molecule has 1 aromatic heterocycles. The van der Waals surface area contributed by atoms with Crippen LogP contribution in [-0.4, -0.2) is 61.6 Å². The third-order valence-electron chi connectivity index (χ3n) is 7.48. The van der Waals surface area contributed by atoms with E-state index in [1.54, 1.807) is 13.3 Å². The number of rotatable bonds is 5. The molecule has 0 aliphatic carbocycles. The first-order chi connectivity index (χ1) is 17.4. The van der Waals surface area contributed by atoms with Crippen molar-refractivity contribution in [3.8, 4) is 0 Å². The number of benzene rings is 1. The number of carbonyl (C=O) groups excluding carboxylic acids is 1. The average molecular weight is 495 g/mol. The molecule has 8 nitrogen and oxygen atoms in total. The summed E-state index contributed by atoms with van der Waals surface area (Å²) in [5, 5.41) is 3.47. The lowest BCUT2D eigenvalue weighted by molar-refractivity contribution is -0.143. The molecule has 0 saturated carbocycles. The van der Waals surface area contributed by atoms with Gasteiger partial charge in [0.2, 0.25) is 0 Å². The second-order valence-corrected chi connectivity index (χ2v) is 10.4. The summed E-state index contributed by atoms with van der Waals surface area (Å²) in [4.78, 5) is 22.8. The summed E-state index contributed by atoms with van der Waals surface area (Å²) in [6, 6.07) is 10.6. The number of piperidine rings is 1. The minimum atomic E-state index is -0.483. The van der Waals surface area contributed by atoms with Crippen LogP contribution < -0.4 is 15.1 Å². The number of aromatic nitrogens is 1. The smallest absolute Gasteiger partial charge is 0.256 e. The zero-order valence-electron chi connectivity index (χ0n) is 21.8. The number of nitrogens with one attached hydrogen (secondary N) is 1. The molecule has 0 bridgehead atoms. The summed E-state index contributed by atoms with van der Waals surface area (Å²) in [6.07, 6.45) is 5.22. The molecule has 5 rings (SSSR count). The Morgan fingerprint density at radius 2 is 2.06 bits per heavy atom. The minimum Gasteiger partial charge on any atom is -0.381 e. The maximum atomic E-state index is 13.9. The van der Waals surface area contributed by atoms with Crippen LogP contribution in [0.15, 0.2) is 36.5 Å². The molecule has 0 unspecified atom stereocenters. The number of anilines is 4. The molecular formula is C28H38N4O4. The van der Waals surface area contributed by atoms with E-state index in [0.717, 1.165) is 54.3 Å². The van der Waals surface area contributed by atoms with Gasteiger partial charge in [0.15, 0.2) is 0 Å². The summed E-state index contributed by atoms with van der Waals surface area (Å²) in [5.41, 5.74) is 3.83. The Hall–Kier alpha value is -2.68. The maximum Gasteiger partial charge on any atom is 0.256 e. The van der Waals surface area contributed by atoms with Gasteiger partial charge in [-0.05, 0) is 70.7 Å². The normalized spacial score (nSPS) is 26.1. The lowest BCUT2D eigenvalue weighted by atomic mass is 9.99. The van der Waals surface area contributed by atoms with E-state index in [1.807, 2.05) is 30.9 Å². The number of ether oxygens (including phenoxy) is 3. The van der Waals surface area contributed by atoms with Crippen molar-refractivity contribution < 1.29 is 19.0 Å². The minimum absolute atomic E-state index is 0.0129. The number of hydrogen-bond acceptors (Lipinski definition) is 7. The van der Waals surface area contributed by atoms with E-state index < -0.39 is 6.10 Å². The van der Waals surface area contributed by atoms with Gasteiger partial charge in [0, 0.05) is 37.1 Å². The number of nitrogens with zero attached hydrogens (tertiary/aromatic N) is 3. The van der Waals surface area contributed by atoms with Gasteiger partial charge in [0.1, 0.15) is 11.9 Å². The van der Waals surface area contributed by atoms with Crippen LogP contribution in [0.25, 0.3) is 0 Å². The zero-order valence-corrected chi connectivity index (χ0v) is 21.8. The summed E-state index contributed by atoms with van der Waals surface area (Å²) in [5.74, 6) is 0.770. The van der Waals surface area contributed by atoms with Gasteiger partial charge in [0.25, 0.3) is 5.91 Å². The molecule has 8 heteroatoms. The highest BCUT2D eigenvalue weighted by Gasteiger charge is 2.35. The van der Waals surface area contributed by atoms with E-state index >= 15 is 0 Å². The summed E-state index contributed by atoms with van der Waals surface area (Å²) in [7, 11) is 1.79. The SMILES string of the molecule is CO[C@H]1CCN(c2ccc3c(c2)N(C(=O)[C@H]2CC[C@H](OC(C)C)CO2)Cc2cccnc2N3)[C@@H](C)C1. The van der Waals surface area contributed by atoms with Crippen LogP contribution >= 0.6 is 0 Å². The number of carbonyl (C=O) groups is 1. The summed E-state index contributed by atoms with van der Waals surface area (Å²) < 4.78 is 17.6. The van der Waals surface area contributed by atoms with Crippen LogP contribution in [0.3, 0.4) is 0 Å². The van der Waals surface area contributed by atoms with Crippen LogP contribution in [0.5, 0.6) is 0 Å². The number of hydrogen-bond donors (Lipinski definition) is 1. The van der Waals surface area contributed by atoms with Crippen molar-refractivity contribution in [1.29, 1.82) is 0 Å². The van der Waals surface area contributed by atoms with Gasteiger partial charge in [-0.15, -0.1) is 0 Å². The van der Waals surface area contributed by atoms with Gasteiger partial charge in [-0.25, -0.2) is 4.98 Å². The van der Waals surface area contributed by atoms with Crippen LogP contribution in [0.4, 0.5) is 22.9 Å². The Morgan fingerprint density at radius 3 is 2.78 bits per heavy atom. The quantitative estimate of drug-likeness (QED) is 0.649. The third kappa shape index (κ3) is 5.21. The molecule has 4 atom stereocenters. The van der Waals surface area contributed by atoms with Gasteiger partial charge in [0.05, 0.1) is 42.8 Å². The van der Waals surface area contributed by atoms with Crippen molar-refractivity contribution in [2.45, 2.75) is 83.5 Å². The van der Waals surface area contributed by atoms with Crippen LogP contribution in [0.1, 0.15) is 52.0 Å². The van der Waals surface area contributed by atoms with E-state index in [0.29, 0.717) is 31.7 Å². The summed E-state index contributed by atoms with van der Waals surface area (Å²) in [6.45, 7) is 8.10. The largest absolute Gasteiger partial charge is 0.381 e. The van der Waals surface area contributed by atoms with E-state index in [-0.39, 0.29) is 18.1 Å². The molecule has 194 valence electrons. The first-order valence-electron chi connectivity index (χ1n) is 13.2. The van der Waals surface area contributed by atoms with Gasteiger partial charge >= 0.3 is 0 Å². The predicted octanol–water partition coefficient (Wildman–Crippen LogP) is 4.65. The zero-order chi connectivity index (χ0) is 25.2. The highest BCUT2D eigenvalue weighted by molar-refractivity contribution is 6.01. The van der Waals surface area contributed by atoms with Crippen molar-refractivity contribution in [2.24, 2.45) is 0 Å². The first kappa shape index (κ1) is 25.0. The topological polar surface area (TPSA) is 76.2 Å². The Bertz CT molecular complexity index is 1070. The highest BCUT2D eigenvalue weighted by Crippen LogP contribution is 2.39. The highest BCUT2D eigenvalue weighted by atomic mass is 16.5. The second kappa shape index (κ2) is 10.7. The maximum absolute atomic E-state index is 13.9. The molecule has 2 saturated heterocycles.